The van der Waals surface area contributed by atoms with E-state index in [-0.39, 0.29) is 23.5 Å². The van der Waals surface area contributed by atoms with E-state index in [2.05, 4.69) is 20.4 Å². The second kappa shape index (κ2) is 6.00. The quantitative estimate of drug-likeness (QED) is 0.619. The second-order valence-electron chi connectivity index (χ2n) is 8.94. The maximum atomic E-state index is 11.8. The third kappa shape index (κ3) is 2.60. The van der Waals surface area contributed by atoms with Gasteiger partial charge in [0.25, 0.3) is 0 Å². The zero-order chi connectivity index (χ0) is 16.8. The van der Waals surface area contributed by atoms with Gasteiger partial charge >= 0.3 is 0 Å². The fraction of sp³-hybridized carbons (Fsp3) is 0.850. The van der Waals surface area contributed by atoms with E-state index in [1.165, 1.54) is 12.7 Å². The van der Waals surface area contributed by atoms with Crippen LogP contribution in [0.3, 0.4) is 0 Å². The molecule has 3 saturated carbocycles. The zero-order valence-corrected chi connectivity index (χ0v) is 14.6. The van der Waals surface area contributed by atoms with Crippen molar-refractivity contribution in [3.63, 3.8) is 0 Å². The summed E-state index contributed by atoms with van der Waals surface area (Å²) < 4.78 is 0. The van der Waals surface area contributed by atoms with Gasteiger partial charge < -0.3 is 15.0 Å². The molecular formula is C20H32O3. The van der Waals surface area contributed by atoms with Gasteiger partial charge in [0, 0.05) is 5.41 Å². The maximum absolute atomic E-state index is 11.8. The highest BCUT2D eigenvalue weighted by Crippen LogP contribution is 2.63. The number of aliphatic hydroxyl groups excluding tert-OH is 2. The summed E-state index contributed by atoms with van der Waals surface area (Å²) in [5, 5.41) is 20.2. The van der Waals surface area contributed by atoms with Crippen LogP contribution in [0.2, 0.25) is 0 Å². The summed E-state index contributed by atoms with van der Waals surface area (Å²) in [6.07, 6.45) is 7.98. The lowest BCUT2D eigenvalue weighted by atomic mass is 9.43. The molecule has 0 saturated heterocycles. The van der Waals surface area contributed by atoms with Crippen molar-refractivity contribution in [2.75, 3.05) is 6.61 Å². The Morgan fingerprint density at radius 2 is 2.00 bits per heavy atom. The molecule has 2 N–H and O–H groups in total. The van der Waals surface area contributed by atoms with Gasteiger partial charge in [0.05, 0.1) is 12.7 Å². The lowest BCUT2D eigenvalue weighted by Crippen LogP contribution is -2.58. The first-order chi connectivity index (χ1) is 10.9. The monoisotopic (exact) mass is 320 g/mol. The average Bonchev–Trinajstić information content (AvgIpc) is 2.56. The molecule has 0 bridgehead atoms. The number of rotatable bonds is 3. The fourth-order valence-electron chi connectivity index (χ4n) is 6.44. The largest absolute Gasteiger partial charge is 0.393 e. The summed E-state index contributed by atoms with van der Waals surface area (Å²) in [6, 6.07) is 0. The van der Waals surface area contributed by atoms with Gasteiger partial charge in [0.15, 0.2) is 0 Å². The van der Waals surface area contributed by atoms with E-state index in [1.54, 1.807) is 0 Å². The molecular weight excluding hydrogens is 288 g/mol. The van der Waals surface area contributed by atoms with Crippen LogP contribution in [0.4, 0.5) is 0 Å². The van der Waals surface area contributed by atoms with Crippen LogP contribution < -0.4 is 0 Å². The molecule has 0 aromatic heterocycles. The van der Waals surface area contributed by atoms with Crippen molar-refractivity contribution in [1.82, 2.24) is 0 Å². The van der Waals surface area contributed by atoms with Crippen LogP contribution in [-0.4, -0.2) is 29.2 Å². The molecule has 0 spiro atoms. The summed E-state index contributed by atoms with van der Waals surface area (Å²) in [4.78, 5) is 11.8. The van der Waals surface area contributed by atoms with E-state index >= 15 is 0 Å². The zero-order valence-electron chi connectivity index (χ0n) is 14.6. The molecule has 0 aromatic rings. The summed E-state index contributed by atoms with van der Waals surface area (Å²) in [5.74, 6) is 1.44. The molecule has 0 unspecified atom stereocenters. The molecule has 3 aliphatic carbocycles. The van der Waals surface area contributed by atoms with E-state index in [1.807, 2.05) is 0 Å². The van der Waals surface area contributed by atoms with Crippen molar-refractivity contribution in [3.05, 3.63) is 12.2 Å². The van der Waals surface area contributed by atoms with Crippen molar-refractivity contribution in [2.45, 2.75) is 64.9 Å². The SMILES string of the molecule is C=C(CO)[C@H]1CC[C@H]2[C@H](C1)[C@@H](O)C[C@@H]1[C@]2(C)CCC[C@]1(C)C=O. The first kappa shape index (κ1) is 17.2. The molecule has 3 nitrogen and oxygen atoms in total. The van der Waals surface area contributed by atoms with E-state index in [0.717, 1.165) is 44.1 Å². The van der Waals surface area contributed by atoms with Crippen LogP contribution in [0.5, 0.6) is 0 Å². The van der Waals surface area contributed by atoms with Crippen molar-refractivity contribution in [2.24, 2.45) is 34.5 Å². The van der Waals surface area contributed by atoms with Gasteiger partial charge in [-0.1, -0.05) is 26.8 Å². The van der Waals surface area contributed by atoms with Gasteiger partial charge in [0.1, 0.15) is 6.29 Å². The first-order valence-electron chi connectivity index (χ1n) is 9.28. The van der Waals surface area contributed by atoms with Crippen molar-refractivity contribution >= 4 is 6.29 Å². The third-order valence-electron chi connectivity index (χ3n) is 7.79. The van der Waals surface area contributed by atoms with Crippen LogP contribution >= 0.6 is 0 Å². The molecule has 130 valence electrons. The van der Waals surface area contributed by atoms with Crippen LogP contribution in [0.15, 0.2) is 12.2 Å². The molecule has 7 atom stereocenters. The smallest absolute Gasteiger partial charge is 0.126 e. The molecule has 0 radical (unpaired) electrons. The molecule has 0 aliphatic heterocycles. The Hall–Kier alpha value is -0.670. The minimum atomic E-state index is -0.315. The molecule has 3 heteroatoms. The van der Waals surface area contributed by atoms with Gasteiger partial charge in [-0.15, -0.1) is 0 Å². The Morgan fingerprint density at radius 3 is 2.65 bits per heavy atom. The van der Waals surface area contributed by atoms with Crippen LogP contribution in [-0.2, 0) is 4.79 Å². The predicted octanol–water partition coefficient (Wildman–Crippen LogP) is 3.34. The first-order valence-corrected chi connectivity index (χ1v) is 9.28. The minimum Gasteiger partial charge on any atom is -0.393 e. The number of carbonyl (C=O) groups excluding carboxylic acids is 1. The highest BCUT2D eigenvalue weighted by atomic mass is 16.3. The fourth-order valence-corrected chi connectivity index (χ4v) is 6.44. The summed E-state index contributed by atoms with van der Waals surface area (Å²) in [7, 11) is 0. The van der Waals surface area contributed by atoms with Gasteiger partial charge in [-0.05, 0) is 73.2 Å². The summed E-state index contributed by atoms with van der Waals surface area (Å²) in [6.45, 7) is 8.56. The number of aldehydes is 1. The highest BCUT2D eigenvalue weighted by molar-refractivity contribution is 5.60. The van der Waals surface area contributed by atoms with Gasteiger partial charge in [-0.25, -0.2) is 0 Å². The van der Waals surface area contributed by atoms with E-state index in [0.29, 0.717) is 23.7 Å². The van der Waals surface area contributed by atoms with E-state index in [9.17, 15) is 15.0 Å². The number of hydrogen-bond acceptors (Lipinski definition) is 3. The predicted molar refractivity (Wildman–Crippen MR) is 90.8 cm³/mol. The Kier molecular flexibility index (Phi) is 4.48. The molecule has 0 heterocycles. The van der Waals surface area contributed by atoms with Gasteiger partial charge in [0.2, 0.25) is 0 Å². The lowest BCUT2D eigenvalue weighted by molar-refractivity contribution is -0.166. The Morgan fingerprint density at radius 1 is 1.26 bits per heavy atom. The Balaban J connectivity index is 1.88. The van der Waals surface area contributed by atoms with E-state index < -0.39 is 0 Å². The number of hydrogen-bond donors (Lipinski definition) is 2. The summed E-state index contributed by atoms with van der Waals surface area (Å²) in [5.41, 5.74) is 0.817. The molecule has 3 aliphatic rings. The lowest BCUT2D eigenvalue weighted by Gasteiger charge is -2.61. The van der Waals surface area contributed by atoms with Crippen LogP contribution in [0.1, 0.15) is 58.8 Å². The topological polar surface area (TPSA) is 57.5 Å². The second-order valence-corrected chi connectivity index (χ2v) is 8.94. The Bertz CT molecular complexity index is 487. The third-order valence-corrected chi connectivity index (χ3v) is 7.79. The van der Waals surface area contributed by atoms with Crippen molar-refractivity contribution in [3.8, 4) is 0 Å². The van der Waals surface area contributed by atoms with Crippen molar-refractivity contribution in [1.29, 1.82) is 0 Å². The maximum Gasteiger partial charge on any atom is 0.126 e. The molecule has 0 amide bonds. The normalized spacial score (nSPS) is 49.8. The molecule has 23 heavy (non-hydrogen) atoms. The van der Waals surface area contributed by atoms with Crippen LogP contribution in [0.25, 0.3) is 0 Å². The number of carbonyl (C=O) groups is 1. The standard InChI is InChI=1S/C20H32O3/c1-13(11-21)14-5-6-16-15(9-14)17(23)10-18-19(2,12-22)7-4-8-20(16,18)3/h12,14-18,21,23H,1,4-11H2,2-3H3/t14-,15-,16-,17-,18-,19+,20+/m0/s1. The molecule has 3 fully saturated rings. The van der Waals surface area contributed by atoms with Crippen molar-refractivity contribution < 1.29 is 15.0 Å². The average molecular weight is 320 g/mol. The van der Waals surface area contributed by atoms with E-state index in [4.69, 9.17) is 0 Å². The highest BCUT2D eigenvalue weighted by Gasteiger charge is 2.59. The molecule has 0 aromatic carbocycles. The summed E-state index contributed by atoms with van der Waals surface area (Å²) >= 11 is 0. The number of fused-ring (bicyclic) bond motifs is 3. The Labute approximate surface area is 140 Å². The van der Waals surface area contributed by atoms with Gasteiger partial charge in [-0.2, -0.15) is 0 Å². The number of aliphatic hydroxyl groups is 2. The van der Waals surface area contributed by atoms with Crippen LogP contribution in [0, 0.1) is 34.5 Å². The van der Waals surface area contributed by atoms with Gasteiger partial charge in [-0.3, -0.25) is 0 Å². The minimum absolute atomic E-state index is 0.0568. The molecule has 3 rings (SSSR count).